The molecule has 0 saturated heterocycles. The molecule has 1 saturated carbocycles. The Bertz CT molecular complexity index is 923. The maximum absolute atomic E-state index is 12.8. The minimum atomic E-state index is 0.0910. The first kappa shape index (κ1) is 21.2. The molecule has 164 valence electrons. The number of nitrogens with one attached hydrogen (secondary N) is 2. The SMILES string of the molecule is CCNC(=NCc1ccccc1OCC1CC1)NCC(=O)N1CCc2ccccc2C1. The normalized spacial score (nSPS) is 15.9. The standard InChI is InChI=1S/C25H32N4O2/c1-2-26-25(27-15-21-8-5-6-10-23(21)31-18-19-11-12-19)28-16-24(30)29-14-13-20-7-3-4-9-22(20)17-29/h3-10,19H,2,11-18H2,1H3,(H2,26,27,28). The van der Waals surface area contributed by atoms with Crippen LogP contribution in [0.4, 0.5) is 0 Å². The van der Waals surface area contributed by atoms with Crippen LogP contribution in [0.5, 0.6) is 5.75 Å². The van der Waals surface area contributed by atoms with Gasteiger partial charge in [-0.1, -0.05) is 42.5 Å². The number of guanidine groups is 1. The van der Waals surface area contributed by atoms with Crippen LogP contribution in [0.15, 0.2) is 53.5 Å². The molecule has 1 aliphatic carbocycles. The van der Waals surface area contributed by atoms with Crippen LogP contribution in [0.2, 0.25) is 0 Å². The van der Waals surface area contributed by atoms with Crippen LogP contribution in [0, 0.1) is 5.92 Å². The highest BCUT2D eigenvalue weighted by Gasteiger charge is 2.22. The molecule has 0 spiro atoms. The summed E-state index contributed by atoms with van der Waals surface area (Å²) in [5.74, 6) is 2.35. The average molecular weight is 421 g/mol. The number of benzene rings is 2. The lowest BCUT2D eigenvalue weighted by atomic mass is 10.00. The fraction of sp³-hybridized carbons (Fsp3) is 0.440. The highest BCUT2D eigenvalue weighted by atomic mass is 16.5. The van der Waals surface area contributed by atoms with Crippen molar-refractivity contribution in [3.63, 3.8) is 0 Å². The van der Waals surface area contributed by atoms with Crippen molar-refractivity contribution >= 4 is 11.9 Å². The van der Waals surface area contributed by atoms with Crippen molar-refractivity contribution < 1.29 is 9.53 Å². The largest absolute Gasteiger partial charge is 0.493 e. The maximum atomic E-state index is 12.8. The zero-order valence-corrected chi connectivity index (χ0v) is 18.3. The lowest BCUT2D eigenvalue weighted by molar-refractivity contribution is -0.130. The van der Waals surface area contributed by atoms with Crippen LogP contribution in [0.1, 0.15) is 36.5 Å². The van der Waals surface area contributed by atoms with E-state index >= 15 is 0 Å². The third-order valence-corrected chi connectivity index (χ3v) is 5.79. The van der Waals surface area contributed by atoms with Gasteiger partial charge in [-0.05, 0) is 49.3 Å². The molecule has 0 aromatic heterocycles. The molecular weight excluding hydrogens is 388 g/mol. The highest BCUT2D eigenvalue weighted by molar-refractivity contribution is 5.86. The Hall–Kier alpha value is -3.02. The zero-order chi connectivity index (χ0) is 21.5. The molecule has 0 atom stereocenters. The summed E-state index contributed by atoms with van der Waals surface area (Å²) in [7, 11) is 0. The smallest absolute Gasteiger partial charge is 0.242 e. The van der Waals surface area contributed by atoms with Crippen molar-refractivity contribution in [2.45, 2.75) is 39.3 Å². The summed E-state index contributed by atoms with van der Waals surface area (Å²) in [5, 5.41) is 6.43. The number of hydrogen-bond donors (Lipinski definition) is 2. The Kier molecular flexibility index (Phi) is 7.07. The second-order valence-corrected chi connectivity index (χ2v) is 8.24. The van der Waals surface area contributed by atoms with Gasteiger partial charge in [0.25, 0.3) is 0 Å². The Morgan fingerprint density at radius 2 is 1.87 bits per heavy atom. The van der Waals surface area contributed by atoms with Gasteiger partial charge < -0.3 is 20.3 Å². The van der Waals surface area contributed by atoms with E-state index in [4.69, 9.17) is 4.74 Å². The van der Waals surface area contributed by atoms with Gasteiger partial charge >= 0.3 is 0 Å². The monoisotopic (exact) mass is 420 g/mol. The van der Waals surface area contributed by atoms with Crippen LogP contribution in [-0.4, -0.2) is 43.0 Å². The fourth-order valence-electron chi connectivity index (χ4n) is 3.75. The van der Waals surface area contributed by atoms with E-state index in [0.717, 1.165) is 37.4 Å². The molecule has 2 aromatic rings. The van der Waals surface area contributed by atoms with E-state index in [2.05, 4.69) is 33.8 Å². The molecule has 0 radical (unpaired) electrons. The number of aliphatic imine (C=N–C) groups is 1. The predicted octanol–water partition coefficient (Wildman–Crippen LogP) is 3.12. The van der Waals surface area contributed by atoms with Crippen LogP contribution >= 0.6 is 0 Å². The molecule has 0 bridgehead atoms. The third-order valence-electron chi connectivity index (χ3n) is 5.79. The van der Waals surface area contributed by atoms with Crippen LogP contribution in [-0.2, 0) is 24.3 Å². The van der Waals surface area contributed by atoms with E-state index in [-0.39, 0.29) is 12.5 Å². The quantitative estimate of drug-likeness (QED) is 0.509. The number of ether oxygens (including phenoxy) is 1. The maximum Gasteiger partial charge on any atom is 0.242 e. The van der Waals surface area contributed by atoms with Gasteiger partial charge in [0.05, 0.1) is 19.7 Å². The van der Waals surface area contributed by atoms with E-state index in [1.54, 1.807) is 0 Å². The molecule has 1 amide bonds. The van der Waals surface area contributed by atoms with Crippen LogP contribution in [0.3, 0.4) is 0 Å². The van der Waals surface area contributed by atoms with E-state index in [9.17, 15) is 4.79 Å². The Morgan fingerprint density at radius 3 is 2.68 bits per heavy atom. The molecule has 6 heteroatoms. The van der Waals surface area contributed by atoms with Crippen molar-refractivity contribution in [2.75, 3.05) is 26.2 Å². The summed E-state index contributed by atoms with van der Waals surface area (Å²) in [6, 6.07) is 16.4. The number of hydrogen-bond acceptors (Lipinski definition) is 3. The van der Waals surface area contributed by atoms with E-state index in [1.807, 2.05) is 42.2 Å². The Morgan fingerprint density at radius 1 is 1.10 bits per heavy atom. The van der Waals surface area contributed by atoms with Gasteiger partial charge in [-0.2, -0.15) is 0 Å². The van der Waals surface area contributed by atoms with Crippen LogP contribution in [0.25, 0.3) is 0 Å². The van der Waals surface area contributed by atoms with Crippen molar-refractivity contribution in [3.05, 3.63) is 65.2 Å². The summed E-state index contributed by atoms with van der Waals surface area (Å²) >= 11 is 0. The molecule has 2 aromatic carbocycles. The lowest BCUT2D eigenvalue weighted by Crippen LogP contribution is -2.45. The van der Waals surface area contributed by atoms with Crippen molar-refractivity contribution in [1.82, 2.24) is 15.5 Å². The second kappa shape index (κ2) is 10.3. The Labute approximate surface area is 184 Å². The molecule has 4 rings (SSSR count). The molecule has 31 heavy (non-hydrogen) atoms. The zero-order valence-electron chi connectivity index (χ0n) is 18.3. The minimum absolute atomic E-state index is 0.0910. The molecule has 2 N–H and O–H groups in total. The average Bonchev–Trinajstić information content (AvgIpc) is 3.64. The van der Waals surface area contributed by atoms with Crippen molar-refractivity contribution in [2.24, 2.45) is 10.9 Å². The summed E-state index contributed by atoms with van der Waals surface area (Å²) < 4.78 is 5.99. The molecule has 6 nitrogen and oxygen atoms in total. The number of fused-ring (bicyclic) bond motifs is 1. The summed E-state index contributed by atoms with van der Waals surface area (Å²) in [6.07, 6.45) is 3.45. The van der Waals surface area contributed by atoms with Crippen molar-refractivity contribution in [1.29, 1.82) is 0 Å². The molecule has 1 fully saturated rings. The third kappa shape index (κ3) is 6.00. The summed E-state index contributed by atoms with van der Waals surface area (Å²) in [6.45, 7) is 5.71. The van der Waals surface area contributed by atoms with Gasteiger partial charge in [-0.15, -0.1) is 0 Å². The number of carbonyl (C=O) groups is 1. The van der Waals surface area contributed by atoms with Gasteiger partial charge in [0.15, 0.2) is 5.96 Å². The number of para-hydroxylation sites is 1. The number of carbonyl (C=O) groups excluding carboxylic acids is 1. The first-order valence-electron chi connectivity index (χ1n) is 11.3. The van der Waals surface area contributed by atoms with Gasteiger partial charge in [-0.3, -0.25) is 4.79 Å². The predicted molar refractivity (Wildman–Crippen MR) is 123 cm³/mol. The molecule has 0 unspecified atom stereocenters. The van der Waals surface area contributed by atoms with E-state index < -0.39 is 0 Å². The number of amides is 1. The van der Waals surface area contributed by atoms with Crippen molar-refractivity contribution in [3.8, 4) is 5.75 Å². The van der Waals surface area contributed by atoms with Crippen LogP contribution < -0.4 is 15.4 Å². The Balaban J connectivity index is 1.32. The van der Waals surface area contributed by atoms with Gasteiger partial charge in [0.2, 0.25) is 5.91 Å². The minimum Gasteiger partial charge on any atom is -0.493 e. The highest BCUT2D eigenvalue weighted by Crippen LogP contribution is 2.30. The number of rotatable bonds is 8. The van der Waals surface area contributed by atoms with Gasteiger partial charge in [-0.25, -0.2) is 4.99 Å². The topological polar surface area (TPSA) is 66.0 Å². The number of nitrogens with zero attached hydrogens (tertiary/aromatic N) is 2. The molecular formula is C25H32N4O2. The first-order valence-corrected chi connectivity index (χ1v) is 11.3. The summed E-state index contributed by atoms with van der Waals surface area (Å²) in [5.41, 5.74) is 3.64. The summed E-state index contributed by atoms with van der Waals surface area (Å²) in [4.78, 5) is 19.4. The second-order valence-electron chi connectivity index (χ2n) is 8.24. The van der Waals surface area contributed by atoms with Gasteiger partial charge in [0.1, 0.15) is 5.75 Å². The van der Waals surface area contributed by atoms with E-state index in [1.165, 1.54) is 24.0 Å². The van der Waals surface area contributed by atoms with Gasteiger partial charge in [0, 0.05) is 25.2 Å². The molecule has 1 aliphatic heterocycles. The van der Waals surface area contributed by atoms with E-state index in [0.29, 0.717) is 25.0 Å². The molecule has 1 heterocycles. The lowest BCUT2D eigenvalue weighted by Gasteiger charge is -2.29. The molecule has 2 aliphatic rings. The first-order chi connectivity index (χ1) is 15.2. The fourth-order valence-corrected chi connectivity index (χ4v) is 3.75.